The molecule has 0 bridgehead atoms. The van der Waals surface area contributed by atoms with Gasteiger partial charge in [0.2, 0.25) is 5.91 Å². The van der Waals surface area contributed by atoms with Crippen molar-refractivity contribution in [1.82, 2.24) is 14.7 Å². The van der Waals surface area contributed by atoms with Gasteiger partial charge in [-0.25, -0.2) is 4.39 Å². The average molecular weight is 341 g/mol. The molecular formula is C20H24FN3O. The highest BCUT2D eigenvalue weighted by Crippen LogP contribution is 2.49. The molecule has 0 radical (unpaired) electrons. The third-order valence-corrected chi connectivity index (χ3v) is 5.48. The highest BCUT2D eigenvalue weighted by Gasteiger charge is 2.47. The van der Waals surface area contributed by atoms with Crippen LogP contribution in [-0.4, -0.2) is 33.2 Å². The monoisotopic (exact) mass is 341 g/mol. The maximum atomic E-state index is 13.1. The molecule has 132 valence electrons. The summed E-state index contributed by atoms with van der Waals surface area (Å²) >= 11 is 0. The molecule has 1 aromatic carbocycles. The Bertz CT molecular complexity index is 755. The zero-order valence-corrected chi connectivity index (χ0v) is 14.6. The summed E-state index contributed by atoms with van der Waals surface area (Å²) in [5, 5.41) is 4.38. The number of halogens is 1. The highest BCUT2D eigenvalue weighted by atomic mass is 19.1. The van der Waals surface area contributed by atoms with Crippen LogP contribution < -0.4 is 0 Å². The Hall–Kier alpha value is -2.17. The summed E-state index contributed by atoms with van der Waals surface area (Å²) in [6.45, 7) is 3.65. The first-order chi connectivity index (χ1) is 12.1. The Kier molecular flexibility index (Phi) is 4.32. The SMILES string of the molecule is Cc1cnn(C[C@@H]2CCCCN2C(=O)[C@H]2C[C@@H]2c2ccc(F)cc2)c1. The predicted octanol–water partition coefficient (Wildman–Crippen LogP) is 3.52. The van der Waals surface area contributed by atoms with Crippen LogP contribution in [0.5, 0.6) is 0 Å². The van der Waals surface area contributed by atoms with Gasteiger partial charge in [-0.15, -0.1) is 0 Å². The second-order valence-electron chi connectivity index (χ2n) is 7.42. The average Bonchev–Trinajstić information content (AvgIpc) is 3.31. The molecule has 2 aliphatic rings. The Morgan fingerprint density at radius 2 is 2.08 bits per heavy atom. The van der Waals surface area contributed by atoms with Crippen molar-refractivity contribution in [3.8, 4) is 0 Å². The molecule has 1 amide bonds. The molecule has 1 saturated carbocycles. The molecule has 1 aliphatic heterocycles. The molecule has 2 fully saturated rings. The first-order valence-corrected chi connectivity index (χ1v) is 9.17. The number of benzene rings is 1. The number of rotatable bonds is 4. The fourth-order valence-electron chi connectivity index (χ4n) is 4.02. The molecule has 2 heterocycles. The fourth-order valence-corrected chi connectivity index (χ4v) is 4.02. The van der Waals surface area contributed by atoms with Gasteiger partial charge in [0.1, 0.15) is 5.82 Å². The van der Waals surface area contributed by atoms with E-state index in [0.29, 0.717) is 0 Å². The molecular weight excluding hydrogens is 317 g/mol. The second kappa shape index (κ2) is 6.62. The minimum Gasteiger partial charge on any atom is -0.338 e. The van der Waals surface area contributed by atoms with Crippen LogP contribution in [0.15, 0.2) is 36.7 Å². The van der Waals surface area contributed by atoms with E-state index in [9.17, 15) is 9.18 Å². The van der Waals surface area contributed by atoms with Gasteiger partial charge in [-0.2, -0.15) is 5.10 Å². The van der Waals surface area contributed by atoms with E-state index < -0.39 is 0 Å². The quantitative estimate of drug-likeness (QED) is 0.853. The van der Waals surface area contributed by atoms with Crippen molar-refractivity contribution in [2.24, 2.45) is 5.92 Å². The van der Waals surface area contributed by atoms with E-state index in [1.54, 1.807) is 0 Å². The first-order valence-electron chi connectivity index (χ1n) is 9.17. The van der Waals surface area contributed by atoms with Gasteiger partial charge in [-0.1, -0.05) is 12.1 Å². The van der Waals surface area contributed by atoms with Crippen molar-refractivity contribution >= 4 is 5.91 Å². The molecule has 25 heavy (non-hydrogen) atoms. The lowest BCUT2D eigenvalue weighted by molar-refractivity contribution is -0.136. The topological polar surface area (TPSA) is 38.1 Å². The van der Waals surface area contributed by atoms with Gasteiger partial charge >= 0.3 is 0 Å². The molecule has 1 saturated heterocycles. The van der Waals surface area contributed by atoms with Gasteiger partial charge in [0.05, 0.1) is 18.8 Å². The van der Waals surface area contributed by atoms with Crippen molar-refractivity contribution in [3.05, 3.63) is 53.6 Å². The van der Waals surface area contributed by atoms with E-state index in [1.807, 2.05) is 36.1 Å². The Morgan fingerprint density at radius 3 is 2.80 bits per heavy atom. The van der Waals surface area contributed by atoms with E-state index >= 15 is 0 Å². The van der Waals surface area contributed by atoms with Crippen molar-refractivity contribution in [2.45, 2.75) is 51.1 Å². The maximum Gasteiger partial charge on any atom is 0.226 e. The normalized spacial score (nSPS) is 25.8. The van der Waals surface area contributed by atoms with E-state index in [1.165, 1.54) is 18.6 Å². The minimum absolute atomic E-state index is 0.0606. The van der Waals surface area contributed by atoms with Crippen LogP contribution in [0.3, 0.4) is 0 Å². The molecule has 2 aromatic rings. The maximum absolute atomic E-state index is 13.1. The summed E-state index contributed by atoms with van der Waals surface area (Å²) < 4.78 is 15.0. The van der Waals surface area contributed by atoms with Crippen LogP contribution in [0, 0.1) is 18.7 Å². The summed E-state index contributed by atoms with van der Waals surface area (Å²) in [5.41, 5.74) is 2.23. The second-order valence-corrected chi connectivity index (χ2v) is 7.42. The summed E-state index contributed by atoms with van der Waals surface area (Å²) in [4.78, 5) is 15.1. The van der Waals surface area contributed by atoms with Crippen molar-refractivity contribution in [2.75, 3.05) is 6.54 Å². The number of carbonyl (C=O) groups excluding carboxylic acids is 1. The van der Waals surface area contributed by atoms with Crippen molar-refractivity contribution in [1.29, 1.82) is 0 Å². The Balaban J connectivity index is 1.43. The molecule has 0 unspecified atom stereocenters. The van der Waals surface area contributed by atoms with Gasteiger partial charge in [-0.3, -0.25) is 9.48 Å². The molecule has 0 N–H and O–H groups in total. The molecule has 1 aliphatic carbocycles. The molecule has 4 nitrogen and oxygen atoms in total. The summed E-state index contributed by atoms with van der Waals surface area (Å²) in [6, 6.07) is 6.83. The number of hydrogen-bond donors (Lipinski definition) is 0. The van der Waals surface area contributed by atoms with Gasteiger partial charge < -0.3 is 4.90 Å². The number of aromatic nitrogens is 2. The fraction of sp³-hybridized carbons (Fsp3) is 0.500. The summed E-state index contributed by atoms with van der Waals surface area (Å²) in [5.74, 6) is 0.355. The lowest BCUT2D eigenvalue weighted by Crippen LogP contribution is -2.46. The third kappa shape index (κ3) is 3.46. The van der Waals surface area contributed by atoms with Gasteiger partial charge in [0.15, 0.2) is 0 Å². The zero-order chi connectivity index (χ0) is 17.4. The Morgan fingerprint density at radius 1 is 1.28 bits per heavy atom. The molecule has 1 aromatic heterocycles. The van der Waals surface area contributed by atoms with E-state index in [0.717, 1.165) is 43.5 Å². The predicted molar refractivity (Wildman–Crippen MR) is 93.6 cm³/mol. The van der Waals surface area contributed by atoms with Crippen LogP contribution in [0.1, 0.15) is 42.7 Å². The minimum atomic E-state index is -0.224. The van der Waals surface area contributed by atoms with E-state index in [2.05, 4.69) is 10.00 Å². The van der Waals surface area contributed by atoms with Gasteiger partial charge in [0, 0.05) is 18.7 Å². The smallest absolute Gasteiger partial charge is 0.226 e. The number of aryl methyl sites for hydroxylation is 1. The summed E-state index contributed by atoms with van der Waals surface area (Å²) in [6.07, 6.45) is 8.07. The highest BCUT2D eigenvalue weighted by molar-refractivity contribution is 5.83. The Labute approximate surface area is 147 Å². The lowest BCUT2D eigenvalue weighted by Gasteiger charge is -2.36. The zero-order valence-electron chi connectivity index (χ0n) is 14.6. The van der Waals surface area contributed by atoms with Gasteiger partial charge in [-0.05, 0) is 61.8 Å². The van der Waals surface area contributed by atoms with Crippen molar-refractivity contribution < 1.29 is 9.18 Å². The van der Waals surface area contributed by atoms with Crippen LogP contribution in [0.2, 0.25) is 0 Å². The largest absolute Gasteiger partial charge is 0.338 e. The van der Waals surface area contributed by atoms with Crippen molar-refractivity contribution in [3.63, 3.8) is 0 Å². The first kappa shape index (κ1) is 16.3. The van der Waals surface area contributed by atoms with Crippen LogP contribution in [-0.2, 0) is 11.3 Å². The van der Waals surface area contributed by atoms with Gasteiger partial charge in [0.25, 0.3) is 0 Å². The number of nitrogens with zero attached hydrogens (tertiary/aromatic N) is 3. The lowest BCUT2D eigenvalue weighted by atomic mass is 10.0. The van der Waals surface area contributed by atoms with E-state index in [-0.39, 0.29) is 29.6 Å². The molecule has 4 rings (SSSR count). The van der Waals surface area contributed by atoms with Crippen LogP contribution in [0.25, 0.3) is 0 Å². The molecule has 0 spiro atoms. The van der Waals surface area contributed by atoms with E-state index in [4.69, 9.17) is 0 Å². The third-order valence-electron chi connectivity index (χ3n) is 5.48. The van der Waals surface area contributed by atoms with Crippen LogP contribution >= 0.6 is 0 Å². The number of carbonyl (C=O) groups is 1. The molecule has 5 heteroatoms. The van der Waals surface area contributed by atoms with Crippen LogP contribution in [0.4, 0.5) is 4.39 Å². The standard InChI is InChI=1S/C20H24FN3O/c1-14-11-22-23(12-14)13-17-4-2-3-9-24(17)20(25)19-10-18(19)15-5-7-16(21)8-6-15/h5-8,11-12,17-19H,2-4,9-10,13H2,1H3/t17-,18+,19-/m0/s1. The summed E-state index contributed by atoms with van der Waals surface area (Å²) in [7, 11) is 0. The number of likely N-dealkylation sites (tertiary alicyclic amines) is 1. The molecule has 3 atom stereocenters. The number of hydrogen-bond acceptors (Lipinski definition) is 2. The number of piperidine rings is 1. The number of amides is 1.